The van der Waals surface area contributed by atoms with Gasteiger partial charge < -0.3 is 28.8 Å². The molecule has 8 atom stereocenters. The summed E-state index contributed by atoms with van der Waals surface area (Å²) in [6, 6.07) is 10.1. The van der Waals surface area contributed by atoms with E-state index in [0.717, 1.165) is 6.92 Å². The molecule has 0 aliphatic heterocycles. The van der Waals surface area contributed by atoms with Gasteiger partial charge in [-0.15, -0.1) is 0 Å². The van der Waals surface area contributed by atoms with E-state index in [1.165, 1.54) is 26.0 Å². The van der Waals surface area contributed by atoms with Crippen molar-refractivity contribution in [2.24, 2.45) is 16.7 Å². The standard InChI is InChI=1S/C36H50O11Si/c1-10-48(11-2,12-3)47-26-18-25(44-21(5)37)29(40)28-32(46-33(42)23-16-14-13-15-17-23)36(43)19-24(39)20(4)27(34(36,7)8)30(45-22(6)38)31(41)35(26,28)9/h13-17,24-26,28,30,32,39,43H,10-12,18-19H2,1-9H3/t24-,25-,26?,28?,30+,32-,35+,36+/m0/s1. The maximum atomic E-state index is 15.3. The molecule has 0 aromatic heterocycles. The van der Waals surface area contributed by atoms with Crippen molar-refractivity contribution in [1.29, 1.82) is 0 Å². The fourth-order valence-electron chi connectivity index (χ4n) is 8.31. The van der Waals surface area contributed by atoms with E-state index in [9.17, 15) is 29.4 Å². The average Bonchev–Trinajstić information content (AvgIpc) is 3.03. The van der Waals surface area contributed by atoms with Gasteiger partial charge in [-0.1, -0.05) is 52.8 Å². The first-order valence-corrected chi connectivity index (χ1v) is 19.4. The topological polar surface area (TPSA) is 163 Å². The Kier molecular flexibility index (Phi) is 10.7. The number of ketones is 2. The summed E-state index contributed by atoms with van der Waals surface area (Å²) in [5.41, 5.74) is -4.90. The lowest BCUT2D eigenvalue weighted by molar-refractivity contribution is -0.223. The van der Waals surface area contributed by atoms with Gasteiger partial charge in [-0.2, -0.15) is 0 Å². The van der Waals surface area contributed by atoms with Gasteiger partial charge >= 0.3 is 17.9 Å². The first-order chi connectivity index (χ1) is 22.3. The Hall–Kier alpha value is -3.19. The molecule has 2 fully saturated rings. The number of aliphatic hydroxyl groups is 2. The number of esters is 3. The monoisotopic (exact) mass is 686 g/mol. The SMILES string of the molecule is CC[Si](CC)(CC)OC1C[C@H](OC(C)=O)C(=O)C2[C@H](OC(=O)c3ccccc3)[C@]3(O)C[C@H](O)C(C)=C([C@@H](OC(C)=O)C(=O)[C@]12C)C3(C)C. The second-order valence-electron chi connectivity index (χ2n) is 14.3. The highest BCUT2D eigenvalue weighted by atomic mass is 28.4. The molecular weight excluding hydrogens is 636 g/mol. The van der Waals surface area contributed by atoms with E-state index < -0.39 is 90.7 Å². The number of Topliss-reactive ketones (excluding diaryl/α,β-unsaturated/α-hetero) is 2. The highest BCUT2D eigenvalue weighted by Crippen LogP contribution is 2.60. The molecule has 0 radical (unpaired) electrons. The third-order valence-corrected chi connectivity index (χ3v) is 16.2. The summed E-state index contributed by atoms with van der Waals surface area (Å²) in [6.07, 6.45) is -7.68. The zero-order chi connectivity index (χ0) is 36.0. The van der Waals surface area contributed by atoms with Crippen molar-refractivity contribution in [1.82, 2.24) is 0 Å². The van der Waals surface area contributed by atoms with Crippen molar-refractivity contribution in [3.05, 3.63) is 47.0 Å². The van der Waals surface area contributed by atoms with E-state index in [4.69, 9.17) is 18.6 Å². The first kappa shape index (κ1) is 37.6. The normalized spacial score (nSPS) is 33.2. The van der Waals surface area contributed by atoms with Crippen LogP contribution in [0.4, 0.5) is 0 Å². The molecule has 1 aromatic carbocycles. The maximum Gasteiger partial charge on any atom is 0.338 e. The molecule has 264 valence electrons. The van der Waals surface area contributed by atoms with Crippen molar-refractivity contribution >= 4 is 37.8 Å². The molecule has 2 saturated carbocycles. The zero-order valence-corrected chi connectivity index (χ0v) is 30.5. The fraction of sp³-hybridized carbons (Fsp3) is 0.639. The van der Waals surface area contributed by atoms with Gasteiger partial charge in [0.15, 0.2) is 32.1 Å². The van der Waals surface area contributed by atoms with Gasteiger partial charge in [0.2, 0.25) is 0 Å². The number of hydrogen-bond donors (Lipinski definition) is 2. The molecule has 48 heavy (non-hydrogen) atoms. The van der Waals surface area contributed by atoms with E-state index in [1.54, 1.807) is 39.0 Å². The summed E-state index contributed by atoms with van der Waals surface area (Å²) in [7, 11) is -2.57. The lowest BCUT2D eigenvalue weighted by Gasteiger charge is -2.61. The lowest BCUT2D eigenvalue weighted by atomic mass is 9.48. The number of hydrogen-bond acceptors (Lipinski definition) is 11. The second kappa shape index (κ2) is 13.6. The predicted octanol–water partition coefficient (Wildman–Crippen LogP) is 4.48. The minimum atomic E-state index is -2.57. The van der Waals surface area contributed by atoms with Crippen molar-refractivity contribution in [3.63, 3.8) is 0 Å². The van der Waals surface area contributed by atoms with Gasteiger partial charge in [-0.25, -0.2) is 4.79 Å². The summed E-state index contributed by atoms with van der Waals surface area (Å²) in [6.45, 7) is 14.7. The molecule has 0 saturated heterocycles. The molecule has 0 heterocycles. The van der Waals surface area contributed by atoms with Crippen LogP contribution < -0.4 is 0 Å². The molecule has 3 aliphatic carbocycles. The quantitative estimate of drug-likeness (QED) is 0.163. The number of rotatable bonds is 9. The highest BCUT2D eigenvalue weighted by molar-refractivity contribution is 6.73. The van der Waals surface area contributed by atoms with E-state index in [2.05, 4.69) is 0 Å². The summed E-state index contributed by atoms with van der Waals surface area (Å²) in [5, 5.41) is 24.4. The van der Waals surface area contributed by atoms with Gasteiger partial charge in [0.25, 0.3) is 0 Å². The van der Waals surface area contributed by atoms with Crippen molar-refractivity contribution in [2.75, 3.05) is 0 Å². The van der Waals surface area contributed by atoms with E-state index in [1.807, 2.05) is 20.8 Å². The van der Waals surface area contributed by atoms with Crippen LogP contribution in [-0.4, -0.2) is 84.1 Å². The summed E-state index contributed by atoms with van der Waals surface area (Å²) >= 11 is 0. The predicted molar refractivity (Wildman–Crippen MR) is 177 cm³/mol. The Balaban J connectivity index is 2.12. The van der Waals surface area contributed by atoms with Crippen LogP contribution in [0.15, 0.2) is 41.5 Å². The summed E-state index contributed by atoms with van der Waals surface area (Å²) in [4.78, 5) is 69.0. The molecule has 2 N–H and O–H groups in total. The maximum absolute atomic E-state index is 15.3. The molecule has 2 unspecified atom stereocenters. The number of benzene rings is 1. The molecule has 0 spiro atoms. The van der Waals surface area contributed by atoms with Crippen LogP contribution in [0.5, 0.6) is 0 Å². The van der Waals surface area contributed by atoms with E-state index >= 15 is 4.79 Å². The molecule has 2 bridgehead atoms. The van der Waals surface area contributed by atoms with Gasteiger partial charge in [0.05, 0.1) is 29.1 Å². The van der Waals surface area contributed by atoms with Crippen LogP contribution in [0, 0.1) is 16.7 Å². The third-order valence-electron chi connectivity index (χ3n) is 11.5. The van der Waals surface area contributed by atoms with Crippen LogP contribution in [-0.2, 0) is 37.8 Å². The van der Waals surface area contributed by atoms with E-state index in [0.29, 0.717) is 23.7 Å². The summed E-state index contributed by atoms with van der Waals surface area (Å²) < 4.78 is 24.6. The van der Waals surface area contributed by atoms with Crippen molar-refractivity contribution in [2.45, 2.75) is 129 Å². The van der Waals surface area contributed by atoms with Crippen molar-refractivity contribution in [3.8, 4) is 0 Å². The number of aliphatic hydroxyl groups excluding tert-OH is 1. The molecular formula is C36H50O11Si. The largest absolute Gasteiger partial charge is 0.455 e. The molecule has 4 rings (SSSR count). The molecule has 0 amide bonds. The Bertz CT molecular complexity index is 1470. The van der Waals surface area contributed by atoms with Gasteiger partial charge in [0, 0.05) is 32.1 Å². The summed E-state index contributed by atoms with van der Waals surface area (Å²) in [5.74, 6) is -5.43. The van der Waals surface area contributed by atoms with Crippen LogP contribution in [0.25, 0.3) is 0 Å². The van der Waals surface area contributed by atoms with Gasteiger partial charge in [-0.3, -0.25) is 19.2 Å². The lowest BCUT2D eigenvalue weighted by Crippen LogP contribution is -2.74. The first-order valence-electron chi connectivity index (χ1n) is 16.8. The van der Waals surface area contributed by atoms with Crippen LogP contribution in [0.3, 0.4) is 0 Å². The van der Waals surface area contributed by atoms with Gasteiger partial charge in [0.1, 0.15) is 11.7 Å². The number of carbonyl (C=O) groups is 5. The van der Waals surface area contributed by atoms with Crippen LogP contribution in [0.2, 0.25) is 18.1 Å². The fourth-order valence-corrected chi connectivity index (χ4v) is 11.3. The van der Waals surface area contributed by atoms with E-state index in [-0.39, 0.29) is 24.0 Å². The zero-order valence-electron chi connectivity index (χ0n) is 29.5. The highest BCUT2D eigenvalue weighted by Gasteiger charge is 2.72. The van der Waals surface area contributed by atoms with Crippen LogP contribution in [0.1, 0.15) is 85.5 Å². The minimum absolute atomic E-state index is 0.136. The molecule has 11 nitrogen and oxygen atoms in total. The van der Waals surface area contributed by atoms with Crippen molar-refractivity contribution < 1.29 is 52.8 Å². The Labute approximate surface area is 283 Å². The Morgan fingerprint density at radius 1 is 0.917 bits per heavy atom. The van der Waals surface area contributed by atoms with Gasteiger partial charge in [-0.05, 0) is 55.3 Å². The smallest absolute Gasteiger partial charge is 0.338 e. The minimum Gasteiger partial charge on any atom is -0.455 e. The second-order valence-corrected chi connectivity index (χ2v) is 19.0. The Morgan fingerprint density at radius 2 is 1.48 bits per heavy atom. The molecule has 1 aromatic rings. The number of carbonyl (C=O) groups excluding carboxylic acids is 5. The Morgan fingerprint density at radius 3 is 2.00 bits per heavy atom. The number of ether oxygens (including phenoxy) is 3. The number of fused-ring (bicyclic) bond motifs is 3. The third kappa shape index (κ3) is 6.09. The van der Waals surface area contributed by atoms with Crippen LogP contribution >= 0.6 is 0 Å². The average molecular weight is 687 g/mol. The molecule has 3 aliphatic rings. The molecule has 12 heteroatoms.